The first-order valence-corrected chi connectivity index (χ1v) is 9.28. The first-order chi connectivity index (χ1) is 11.7. The average molecular weight is 347 g/mol. The second-order valence-corrected chi connectivity index (χ2v) is 8.58. The Morgan fingerprint density at radius 3 is 2.44 bits per heavy atom. The third kappa shape index (κ3) is 3.55. The van der Waals surface area contributed by atoms with Crippen molar-refractivity contribution in [1.29, 1.82) is 0 Å². The number of nitrogens with two attached hydrogens (primary N) is 1. The molecule has 2 fully saturated rings. The van der Waals surface area contributed by atoms with Crippen molar-refractivity contribution < 1.29 is 9.59 Å². The van der Waals surface area contributed by atoms with E-state index in [9.17, 15) is 9.59 Å². The molecule has 0 radical (unpaired) electrons. The van der Waals surface area contributed by atoms with Gasteiger partial charge in [-0.25, -0.2) is 4.68 Å². The van der Waals surface area contributed by atoms with Crippen molar-refractivity contribution in [2.75, 3.05) is 0 Å². The largest absolute Gasteiger partial charge is 0.368 e. The van der Waals surface area contributed by atoms with Gasteiger partial charge in [0.2, 0.25) is 11.8 Å². The first kappa shape index (κ1) is 17.9. The molecule has 25 heavy (non-hydrogen) atoms. The predicted molar refractivity (Wildman–Crippen MR) is 93.3 cm³/mol. The van der Waals surface area contributed by atoms with Crippen LogP contribution in [0.5, 0.6) is 0 Å². The van der Waals surface area contributed by atoms with Crippen LogP contribution < -0.4 is 11.1 Å². The molecule has 2 amide bonds. The Hall–Kier alpha value is -1.92. The summed E-state index contributed by atoms with van der Waals surface area (Å²) >= 11 is 0. The van der Waals surface area contributed by atoms with Gasteiger partial charge in [0.05, 0.1) is 12.2 Å². The Morgan fingerprint density at radius 1 is 1.28 bits per heavy atom. The highest BCUT2D eigenvalue weighted by Crippen LogP contribution is 2.43. The van der Waals surface area contributed by atoms with Crippen molar-refractivity contribution in [1.82, 2.24) is 20.3 Å². The molecule has 0 bridgehead atoms. The average Bonchev–Trinajstić information content (AvgIpc) is 3.24. The lowest BCUT2D eigenvalue weighted by atomic mass is 9.82. The van der Waals surface area contributed by atoms with Gasteiger partial charge in [-0.05, 0) is 31.6 Å². The van der Waals surface area contributed by atoms with E-state index in [0.717, 1.165) is 18.5 Å². The van der Waals surface area contributed by atoms with Gasteiger partial charge in [0.25, 0.3) is 0 Å². The summed E-state index contributed by atoms with van der Waals surface area (Å²) in [5.41, 5.74) is 5.09. The van der Waals surface area contributed by atoms with Crippen LogP contribution in [0.3, 0.4) is 0 Å². The van der Waals surface area contributed by atoms with Gasteiger partial charge in [-0.2, -0.15) is 0 Å². The fraction of sp³-hybridized carbons (Fsp3) is 0.778. The maximum atomic E-state index is 12.6. The van der Waals surface area contributed by atoms with Crippen molar-refractivity contribution in [3.63, 3.8) is 0 Å². The Bertz CT molecular complexity index is 651. The van der Waals surface area contributed by atoms with Gasteiger partial charge in [-0.15, -0.1) is 5.10 Å². The lowest BCUT2D eigenvalue weighted by Crippen LogP contribution is -2.41. The summed E-state index contributed by atoms with van der Waals surface area (Å²) in [7, 11) is 0. The Kier molecular flexibility index (Phi) is 4.60. The number of carbonyl (C=O) groups excluding carboxylic acids is 2. The third-order valence-corrected chi connectivity index (χ3v) is 5.54. The minimum atomic E-state index is -0.712. The molecule has 1 atom stereocenters. The molecule has 0 saturated heterocycles. The number of nitrogens with one attached hydrogen (secondary N) is 1. The molecule has 2 aliphatic rings. The van der Waals surface area contributed by atoms with Gasteiger partial charge < -0.3 is 11.1 Å². The van der Waals surface area contributed by atoms with E-state index in [-0.39, 0.29) is 17.9 Å². The van der Waals surface area contributed by atoms with Crippen LogP contribution in [0.4, 0.5) is 0 Å². The van der Waals surface area contributed by atoms with E-state index in [1.165, 1.54) is 19.3 Å². The Morgan fingerprint density at radius 2 is 1.92 bits per heavy atom. The molecular formula is C18H29N5O2. The number of primary amides is 1. The molecule has 0 aromatic carbocycles. The number of rotatable bonds is 5. The molecule has 1 heterocycles. The topological polar surface area (TPSA) is 103 Å². The van der Waals surface area contributed by atoms with Gasteiger partial charge >= 0.3 is 0 Å². The number of carbonyl (C=O) groups is 2. The van der Waals surface area contributed by atoms with Crippen LogP contribution in [0, 0.1) is 11.3 Å². The monoisotopic (exact) mass is 347 g/mol. The first-order valence-electron chi connectivity index (χ1n) is 9.28. The summed E-state index contributed by atoms with van der Waals surface area (Å²) in [6, 6.07) is -0.163. The van der Waals surface area contributed by atoms with Gasteiger partial charge in [-0.3, -0.25) is 9.59 Å². The molecule has 0 spiro atoms. The van der Waals surface area contributed by atoms with Gasteiger partial charge in [0.15, 0.2) is 0 Å². The summed E-state index contributed by atoms with van der Waals surface area (Å²) < 4.78 is 1.60. The SMILES string of the molecule is CC(C)(C)C(=O)N[C@H](c1cn(C2(C(N)=O)CC2)nn1)C1CCCCC1. The standard InChI is InChI=1S/C18H29N5O2/c1-17(2,3)16(25)20-14(12-7-5-4-6-8-12)13-11-23(22-21-13)18(9-10-18)15(19)24/h11-12,14H,4-10H2,1-3H3,(H2,19,24)(H,20,25)/t14-/m0/s1. The highest BCUT2D eigenvalue weighted by atomic mass is 16.2. The molecule has 3 rings (SSSR count). The molecule has 3 N–H and O–H groups in total. The van der Waals surface area contributed by atoms with Crippen LogP contribution in [0.15, 0.2) is 6.20 Å². The molecule has 7 heteroatoms. The van der Waals surface area contributed by atoms with Crippen LogP contribution in [0.25, 0.3) is 0 Å². The molecule has 1 aromatic rings. The van der Waals surface area contributed by atoms with Crippen LogP contribution in [0.2, 0.25) is 0 Å². The van der Waals surface area contributed by atoms with Gasteiger partial charge in [0, 0.05) is 5.41 Å². The lowest BCUT2D eigenvalue weighted by molar-refractivity contribution is -0.130. The van der Waals surface area contributed by atoms with E-state index in [4.69, 9.17) is 5.73 Å². The molecule has 2 aliphatic carbocycles. The predicted octanol–water partition coefficient (Wildman–Crippen LogP) is 2.04. The summed E-state index contributed by atoms with van der Waals surface area (Å²) in [4.78, 5) is 24.3. The number of nitrogens with zero attached hydrogens (tertiary/aromatic N) is 3. The summed E-state index contributed by atoms with van der Waals surface area (Å²) in [6.07, 6.45) is 8.94. The normalized spacial score (nSPS) is 21.6. The minimum absolute atomic E-state index is 0.00802. The zero-order valence-electron chi connectivity index (χ0n) is 15.4. The third-order valence-electron chi connectivity index (χ3n) is 5.54. The van der Waals surface area contributed by atoms with E-state index in [1.807, 2.05) is 20.8 Å². The smallest absolute Gasteiger partial charge is 0.245 e. The van der Waals surface area contributed by atoms with E-state index in [1.54, 1.807) is 10.9 Å². The zero-order chi connectivity index (χ0) is 18.2. The second kappa shape index (κ2) is 6.42. The highest BCUT2D eigenvalue weighted by Gasteiger charge is 2.52. The van der Waals surface area contributed by atoms with Crippen molar-refractivity contribution >= 4 is 11.8 Å². The van der Waals surface area contributed by atoms with E-state index < -0.39 is 11.0 Å². The number of hydrogen-bond donors (Lipinski definition) is 2. The van der Waals surface area contributed by atoms with Gasteiger partial charge in [-0.1, -0.05) is 45.2 Å². The fourth-order valence-corrected chi connectivity index (χ4v) is 3.59. The number of aromatic nitrogens is 3. The molecule has 2 saturated carbocycles. The molecule has 1 aromatic heterocycles. The number of hydrogen-bond acceptors (Lipinski definition) is 4. The molecule has 0 unspecified atom stereocenters. The Labute approximate surface area is 148 Å². The summed E-state index contributed by atoms with van der Waals surface area (Å²) in [5, 5.41) is 11.7. The molecule has 0 aliphatic heterocycles. The molecular weight excluding hydrogens is 318 g/mol. The number of amides is 2. The van der Waals surface area contributed by atoms with Crippen LogP contribution in [0.1, 0.15) is 77.5 Å². The van der Waals surface area contributed by atoms with Crippen LogP contribution in [-0.4, -0.2) is 26.8 Å². The quantitative estimate of drug-likeness (QED) is 0.850. The van der Waals surface area contributed by atoms with E-state index >= 15 is 0 Å². The van der Waals surface area contributed by atoms with E-state index in [0.29, 0.717) is 18.8 Å². The summed E-state index contributed by atoms with van der Waals surface area (Å²) in [5.74, 6) is -0.000477. The minimum Gasteiger partial charge on any atom is -0.368 e. The fourth-order valence-electron chi connectivity index (χ4n) is 3.59. The molecule has 7 nitrogen and oxygen atoms in total. The van der Waals surface area contributed by atoms with Crippen molar-refractivity contribution in [3.05, 3.63) is 11.9 Å². The lowest BCUT2D eigenvalue weighted by Gasteiger charge is -2.31. The van der Waals surface area contributed by atoms with Crippen LogP contribution >= 0.6 is 0 Å². The van der Waals surface area contributed by atoms with Gasteiger partial charge in [0.1, 0.15) is 11.2 Å². The summed E-state index contributed by atoms with van der Waals surface area (Å²) in [6.45, 7) is 5.72. The molecule has 138 valence electrons. The van der Waals surface area contributed by atoms with E-state index in [2.05, 4.69) is 15.6 Å². The maximum absolute atomic E-state index is 12.6. The van der Waals surface area contributed by atoms with Crippen LogP contribution in [-0.2, 0) is 15.1 Å². The highest BCUT2D eigenvalue weighted by molar-refractivity contribution is 5.85. The zero-order valence-corrected chi connectivity index (χ0v) is 15.4. The van der Waals surface area contributed by atoms with Crippen molar-refractivity contribution in [2.24, 2.45) is 17.1 Å². The second-order valence-electron chi connectivity index (χ2n) is 8.58. The maximum Gasteiger partial charge on any atom is 0.245 e. The Balaban J connectivity index is 1.85. The van der Waals surface area contributed by atoms with Crippen molar-refractivity contribution in [2.45, 2.75) is 77.3 Å². The van der Waals surface area contributed by atoms with Crippen molar-refractivity contribution in [3.8, 4) is 0 Å².